The van der Waals surface area contributed by atoms with Crippen LogP contribution in [0.15, 0.2) is 18.3 Å². The Hall–Kier alpha value is -2.11. The van der Waals surface area contributed by atoms with Crippen molar-refractivity contribution in [2.45, 2.75) is 26.3 Å². The fourth-order valence-electron chi connectivity index (χ4n) is 1.66. The number of ether oxygens (including phenoxy) is 1. The van der Waals surface area contributed by atoms with Crippen LogP contribution in [-0.2, 0) is 9.53 Å². The predicted octanol–water partition coefficient (Wildman–Crippen LogP) is 0.981. The maximum atomic E-state index is 12.0. The third-order valence-electron chi connectivity index (χ3n) is 2.55. The maximum absolute atomic E-state index is 12.0. The highest BCUT2D eigenvalue weighted by Crippen LogP contribution is 2.10. The van der Waals surface area contributed by atoms with Crippen molar-refractivity contribution in [3.8, 4) is 0 Å². The molecule has 0 radical (unpaired) electrons. The zero-order valence-electron chi connectivity index (χ0n) is 11.3. The van der Waals surface area contributed by atoms with E-state index in [1.165, 1.54) is 13.3 Å². The lowest BCUT2D eigenvalue weighted by Gasteiger charge is -2.18. The number of pyridine rings is 1. The van der Waals surface area contributed by atoms with Crippen LogP contribution in [0.1, 0.15) is 30.8 Å². The molecule has 1 amide bonds. The minimum absolute atomic E-state index is 0.111. The molecule has 0 spiro atoms. The summed E-state index contributed by atoms with van der Waals surface area (Å²) in [6, 6.07) is 2.52. The van der Waals surface area contributed by atoms with Crippen molar-refractivity contribution in [1.29, 1.82) is 0 Å². The average molecular weight is 265 g/mol. The van der Waals surface area contributed by atoms with Crippen LogP contribution in [0.5, 0.6) is 0 Å². The third kappa shape index (κ3) is 4.24. The van der Waals surface area contributed by atoms with Crippen molar-refractivity contribution >= 4 is 17.6 Å². The number of aromatic nitrogens is 1. The van der Waals surface area contributed by atoms with Crippen LogP contribution in [0.4, 0.5) is 5.69 Å². The van der Waals surface area contributed by atoms with Crippen LogP contribution in [0.2, 0.25) is 0 Å². The molecule has 0 aromatic carbocycles. The SMILES string of the molecule is COC(=O)[C@H](CC(C)C)NC(=O)c1ncccc1N. The highest BCUT2D eigenvalue weighted by molar-refractivity contribution is 5.99. The van der Waals surface area contributed by atoms with E-state index in [1.807, 2.05) is 13.8 Å². The van der Waals surface area contributed by atoms with Gasteiger partial charge in [0.05, 0.1) is 12.8 Å². The quantitative estimate of drug-likeness (QED) is 0.774. The number of methoxy groups -OCH3 is 1. The Labute approximate surface area is 112 Å². The average Bonchev–Trinajstić information content (AvgIpc) is 2.36. The maximum Gasteiger partial charge on any atom is 0.328 e. The van der Waals surface area contributed by atoms with Crippen molar-refractivity contribution in [3.63, 3.8) is 0 Å². The standard InChI is InChI=1S/C13H19N3O3/c1-8(2)7-10(13(18)19-3)16-12(17)11-9(14)5-4-6-15-11/h4-6,8,10H,7,14H2,1-3H3,(H,16,17)/t10-/m0/s1. The molecule has 0 aliphatic heterocycles. The molecule has 104 valence electrons. The Balaban J connectivity index is 2.82. The molecule has 3 N–H and O–H groups in total. The third-order valence-corrected chi connectivity index (χ3v) is 2.55. The van der Waals surface area contributed by atoms with Gasteiger partial charge in [0, 0.05) is 6.20 Å². The molecule has 0 saturated heterocycles. The normalized spacial score (nSPS) is 12.0. The smallest absolute Gasteiger partial charge is 0.328 e. The molecule has 1 aromatic heterocycles. The molecule has 0 saturated carbocycles. The number of nitrogens with zero attached hydrogens (tertiary/aromatic N) is 1. The Kier molecular flexibility index (Phi) is 5.29. The largest absolute Gasteiger partial charge is 0.467 e. The highest BCUT2D eigenvalue weighted by atomic mass is 16.5. The van der Waals surface area contributed by atoms with Gasteiger partial charge in [0.15, 0.2) is 5.69 Å². The number of nitrogens with one attached hydrogen (secondary N) is 1. The molecule has 6 heteroatoms. The zero-order valence-corrected chi connectivity index (χ0v) is 11.3. The molecule has 1 atom stereocenters. The van der Waals surface area contributed by atoms with Crippen LogP contribution in [0.3, 0.4) is 0 Å². The summed E-state index contributed by atoms with van der Waals surface area (Å²) >= 11 is 0. The number of esters is 1. The zero-order chi connectivity index (χ0) is 14.4. The molecule has 0 fully saturated rings. The number of amides is 1. The van der Waals surface area contributed by atoms with Gasteiger partial charge in [-0.25, -0.2) is 9.78 Å². The number of nitrogens with two attached hydrogens (primary N) is 1. The van der Waals surface area contributed by atoms with Crippen LogP contribution in [0, 0.1) is 5.92 Å². The van der Waals surface area contributed by atoms with Crippen molar-refractivity contribution in [1.82, 2.24) is 10.3 Å². The number of carbonyl (C=O) groups excluding carboxylic acids is 2. The highest BCUT2D eigenvalue weighted by Gasteiger charge is 2.24. The molecule has 1 aromatic rings. The number of nitrogen functional groups attached to an aromatic ring is 1. The fraction of sp³-hybridized carbons (Fsp3) is 0.462. The van der Waals surface area contributed by atoms with E-state index in [2.05, 4.69) is 15.0 Å². The summed E-state index contributed by atoms with van der Waals surface area (Å²) in [5, 5.41) is 2.60. The van der Waals surface area contributed by atoms with Crippen molar-refractivity contribution in [2.75, 3.05) is 12.8 Å². The first-order chi connectivity index (χ1) is 8.95. The summed E-state index contributed by atoms with van der Waals surface area (Å²) in [7, 11) is 1.29. The predicted molar refractivity (Wildman–Crippen MR) is 71.4 cm³/mol. The fourth-order valence-corrected chi connectivity index (χ4v) is 1.66. The summed E-state index contributed by atoms with van der Waals surface area (Å²) in [6.45, 7) is 3.91. The number of hydrogen-bond acceptors (Lipinski definition) is 5. The minimum atomic E-state index is -0.695. The van der Waals surface area contributed by atoms with E-state index in [0.29, 0.717) is 6.42 Å². The van der Waals surface area contributed by atoms with Gasteiger partial charge in [-0.05, 0) is 24.5 Å². The Morgan fingerprint density at radius 2 is 2.16 bits per heavy atom. The van der Waals surface area contributed by atoms with Gasteiger partial charge in [-0.1, -0.05) is 13.8 Å². The van der Waals surface area contributed by atoms with E-state index in [9.17, 15) is 9.59 Å². The Morgan fingerprint density at radius 3 is 2.68 bits per heavy atom. The van der Waals surface area contributed by atoms with Crippen LogP contribution in [-0.4, -0.2) is 30.0 Å². The summed E-state index contributed by atoms with van der Waals surface area (Å²) in [4.78, 5) is 27.5. The molecule has 6 nitrogen and oxygen atoms in total. The van der Waals surface area contributed by atoms with Gasteiger partial charge in [-0.3, -0.25) is 4.79 Å². The van der Waals surface area contributed by atoms with E-state index in [0.717, 1.165) is 0 Å². The second-order valence-corrected chi connectivity index (χ2v) is 4.62. The molecule has 19 heavy (non-hydrogen) atoms. The lowest BCUT2D eigenvalue weighted by molar-refractivity contribution is -0.143. The summed E-state index contributed by atoms with van der Waals surface area (Å²) in [5.41, 5.74) is 6.05. The minimum Gasteiger partial charge on any atom is -0.467 e. The van der Waals surface area contributed by atoms with Gasteiger partial charge < -0.3 is 15.8 Å². The molecule has 0 aliphatic carbocycles. The number of anilines is 1. The van der Waals surface area contributed by atoms with Crippen LogP contribution >= 0.6 is 0 Å². The van der Waals surface area contributed by atoms with E-state index in [-0.39, 0.29) is 17.3 Å². The van der Waals surface area contributed by atoms with Gasteiger partial charge in [-0.2, -0.15) is 0 Å². The molecule has 0 unspecified atom stereocenters. The number of rotatable bonds is 5. The lowest BCUT2D eigenvalue weighted by Crippen LogP contribution is -2.42. The first-order valence-corrected chi connectivity index (χ1v) is 6.04. The first kappa shape index (κ1) is 14.9. The first-order valence-electron chi connectivity index (χ1n) is 6.04. The van der Waals surface area contributed by atoms with Crippen molar-refractivity contribution < 1.29 is 14.3 Å². The lowest BCUT2D eigenvalue weighted by atomic mass is 10.0. The number of carbonyl (C=O) groups is 2. The van der Waals surface area contributed by atoms with Crippen LogP contribution in [0.25, 0.3) is 0 Å². The van der Waals surface area contributed by atoms with Gasteiger partial charge >= 0.3 is 5.97 Å². The van der Waals surface area contributed by atoms with Crippen LogP contribution < -0.4 is 11.1 Å². The van der Waals surface area contributed by atoms with Crippen molar-refractivity contribution in [3.05, 3.63) is 24.0 Å². The van der Waals surface area contributed by atoms with Gasteiger partial charge in [-0.15, -0.1) is 0 Å². The van der Waals surface area contributed by atoms with Crippen molar-refractivity contribution in [2.24, 2.45) is 5.92 Å². The summed E-state index contributed by atoms with van der Waals surface area (Å²) in [6.07, 6.45) is 1.96. The number of hydrogen-bond donors (Lipinski definition) is 2. The second kappa shape index (κ2) is 6.72. The molecular formula is C13H19N3O3. The molecule has 1 heterocycles. The summed E-state index contributed by atoms with van der Waals surface area (Å²) < 4.78 is 4.67. The van der Waals surface area contributed by atoms with E-state index in [4.69, 9.17) is 5.73 Å². The summed E-state index contributed by atoms with van der Waals surface area (Å²) in [5.74, 6) is -0.712. The molecule has 0 bridgehead atoms. The second-order valence-electron chi connectivity index (χ2n) is 4.62. The molecule has 0 aliphatic rings. The van der Waals surface area contributed by atoms with Gasteiger partial charge in [0.1, 0.15) is 6.04 Å². The topological polar surface area (TPSA) is 94.3 Å². The monoisotopic (exact) mass is 265 g/mol. The van der Waals surface area contributed by atoms with Gasteiger partial charge in [0.2, 0.25) is 0 Å². The van der Waals surface area contributed by atoms with E-state index >= 15 is 0 Å². The molecule has 1 rings (SSSR count). The Morgan fingerprint density at radius 1 is 1.47 bits per heavy atom. The Bertz CT molecular complexity index is 460. The van der Waals surface area contributed by atoms with E-state index in [1.54, 1.807) is 12.1 Å². The molecular weight excluding hydrogens is 246 g/mol. The van der Waals surface area contributed by atoms with Gasteiger partial charge in [0.25, 0.3) is 5.91 Å². The van der Waals surface area contributed by atoms with E-state index < -0.39 is 17.9 Å².